The average Bonchev–Trinajstić information content (AvgIpc) is 3.04. The second-order valence-corrected chi connectivity index (χ2v) is 7.25. The molecule has 0 aliphatic rings. The minimum absolute atomic E-state index is 0.0834. The maximum atomic E-state index is 12.1. The van der Waals surface area contributed by atoms with Crippen LogP contribution >= 0.6 is 22.9 Å². The van der Waals surface area contributed by atoms with Gasteiger partial charge in [0, 0.05) is 29.2 Å². The van der Waals surface area contributed by atoms with Gasteiger partial charge in [0.2, 0.25) is 5.91 Å². The summed E-state index contributed by atoms with van der Waals surface area (Å²) < 4.78 is 0. The summed E-state index contributed by atoms with van der Waals surface area (Å²) in [6.07, 6.45) is 0. The van der Waals surface area contributed by atoms with E-state index in [1.54, 1.807) is 11.4 Å². The molecule has 0 saturated carbocycles. The molecule has 0 aliphatic heterocycles. The van der Waals surface area contributed by atoms with E-state index in [4.69, 9.17) is 11.6 Å². The van der Waals surface area contributed by atoms with Gasteiger partial charge < -0.3 is 20.9 Å². The normalized spacial score (nSPS) is 10.7. The molecule has 2 aromatic rings. The molecule has 3 N–H and O–H groups in total. The Morgan fingerprint density at radius 2 is 2.04 bits per heavy atom. The average molecular weight is 396 g/mol. The van der Waals surface area contributed by atoms with Gasteiger partial charge in [-0.3, -0.25) is 9.59 Å². The third-order valence-corrected chi connectivity index (χ3v) is 4.46. The van der Waals surface area contributed by atoms with Gasteiger partial charge in [-0.15, -0.1) is 11.3 Å². The van der Waals surface area contributed by atoms with E-state index in [0.29, 0.717) is 16.7 Å². The monoisotopic (exact) mass is 395 g/mol. The highest BCUT2D eigenvalue weighted by Gasteiger charge is 2.13. The van der Waals surface area contributed by atoms with Crippen LogP contribution < -0.4 is 16.0 Å². The zero-order valence-electron chi connectivity index (χ0n) is 14.9. The molecule has 0 atom stereocenters. The Balaban J connectivity index is 1.85. The Hall–Kier alpha value is -2.16. The van der Waals surface area contributed by atoms with Gasteiger partial charge in [0.05, 0.1) is 6.54 Å². The van der Waals surface area contributed by atoms with Crippen molar-refractivity contribution >= 4 is 45.6 Å². The Bertz CT molecular complexity index is 778. The van der Waals surface area contributed by atoms with E-state index in [0.717, 1.165) is 17.8 Å². The predicted octanol–water partition coefficient (Wildman–Crippen LogP) is 2.26. The van der Waals surface area contributed by atoms with E-state index < -0.39 is 0 Å². The molecule has 0 unspecified atom stereocenters. The molecule has 0 fully saturated rings. The number of amides is 2. The molecule has 1 heterocycles. The summed E-state index contributed by atoms with van der Waals surface area (Å²) >= 11 is 7.31. The molecular weight excluding hydrogens is 374 g/mol. The SMILES string of the molecule is Cc1ccc(Cl)cc1Nc1nc(C(=O)NCC(=O)NCCN(C)C)cs1. The summed E-state index contributed by atoms with van der Waals surface area (Å²) in [7, 11) is 3.85. The summed E-state index contributed by atoms with van der Waals surface area (Å²) in [6, 6.07) is 5.52. The van der Waals surface area contributed by atoms with Crippen LogP contribution in [-0.4, -0.2) is 55.4 Å². The number of anilines is 2. The summed E-state index contributed by atoms with van der Waals surface area (Å²) in [4.78, 5) is 30.0. The molecule has 0 radical (unpaired) electrons. The van der Waals surface area contributed by atoms with Gasteiger partial charge in [0.25, 0.3) is 5.91 Å². The maximum absolute atomic E-state index is 12.1. The number of rotatable bonds is 8. The Kier molecular flexibility index (Phi) is 7.38. The van der Waals surface area contributed by atoms with Crippen LogP contribution in [-0.2, 0) is 4.79 Å². The maximum Gasteiger partial charge on any atom is 0.271 e. The topological polar surface area (TPSA) is 86.4 Å². The lowest BCUT2D eigenvalue weighted by molar-refractivity contribution is -0.120. The van der Waals surface area contributed by atoms with Gasteiger partial charge >= 0.3 is 0 Å². The zero-order chi connectivity index (χ0) is 19.1. The molecule has 2 amide bonds. The predicted molar refractivity (Wildman–Crippen MR) is 105 cm³/mol. The van der Waals surface area contributed by atoms with Gasteiger partial charge in [-0.25, -0.2) is 4.98 Å². The minimum Gasteiger partial charge on any atom is -0.353 e. The molecule has 1 aromatic heterocycles. The van der Waals surface area contributed by atoms with Crippen molar-refractivity contribution in [3.8, 4) is 0 Å². The molecule has 26 heavy (non-hydrogen) atoms. The minimum atomic E-state index is -0.389. The molecule has 2 rings (SSSR count). The lowest BCUT2D eigenvalue weighted by Gasteiger charge is -2.10. The smallest absolute Gasteiger partial charge is 0.271 e. The third-order valence-electron chi connectivity index (χ3n) is 3.47. The van der Waals surface area contributed by atoms with Gasteiger partial charge in [0.1, 0.15) is 5.69 Å². The van der Waals surface area contributed by atoms with Crippen LogP contribution in [0.3, 0.4) is 0 Å². The number of hydrogen-bond donors (Lipinski definition) is 3. The third kappa shape index (κ3) is 6.29. The molecular formula is C17H22ClN5O2S. The van der Waals surface area contributed by atoms with E-state index in [2.05, 4.69) is 20.9 Å². The fourth-order valence-corrected chi connectivity index (χ4v) is 2.89. The second kappa shape index (κ2) is 9.51. The van der Waals surface area contributed by atoms with Crippen LogP contribution in [0.4, 0.5) is 10.8 Å². The quantitative estimate of drug-likeness (QED) is 0.638. The van der Waals surface area contributed by atoms with Gasteiger partial charge in [0.15, 0.2) is 5.13 Å². The molecule has 140 valence electrons. The number of hydrogen-bond acceptors (Lipinski definition) is 6. The number of aryl methyl sites for hydroxylation is 1. The van der Waals surface area contributed by atoms with Crippen LogP contribution in [0.1, 0.15) is 16.1 Å². The fourth-order valence-electron chi connectivity index (χ4n) is 2.01. The number of benzene rings is 1. The molecule has 7 nitrogen and oxygen atoms in total. The van der Waals surface area contributed by atoms with Crippen molar-refractivity contribution in [2.24, 2.45) is 0 Å². The number of nitrogens with one attached hydrogen (secondary N) is 3. The lowest BCUT2D eigenvalue weighted by atomic mass is 10.2. The zero-order valence-corrected chi connectivity index (χ0v) is 16.5. The van der Waals surface area contributed by atoms with Crippen molar-refractivity contribution in [1.29, 1.82) is 0 Å². The number of nitrogens with zero attached hydrogens (tertiary/aromatic N) is 2. The summed E-state index contributed by atoms with van der Waals surface area (Å²) in [5.74, 6) is -0.622. The van der Waals surface area contributed by atoms with E-state index in [1.165, 1.54) is 11.3 Å². The number of thiazole rings is 1. The van der Waals surface area contributed by atoms with Crippen molar-refractivity contribution in [1.82, 2.24) is 20.5 Å². The van der Waals surface area contributed by atoms with Crippen LogP contribution in [0.15, 0.2) is 23.6 Å². The second-order valence-electron chi connectivity index (χ2n) is 5.96. The largest absolute Gasteiger partial charge is 0.353 e. The molecule has 0 bridgehead atoms. The summed E-state index contributed by atoms with van der Waals surface area (Å²) in [5.41, 5.74) is 2.11. The van der Waals surface area contributed by atoms with Crippen molar-refractivity contribution in [3.05, 3.63) is 39.9 Å². The van der Waals surface area contributed by atoms with Crippen molar-refractivity contribution < 1.29 is 9.59 Å². The standard InChI is InChI=1S/C17H22ClN5O2S/c1-11-4-5-12(18)8-13(11)21-17-22-14(10-26-17)16(25)20-9-15(24)19-6-7-23(2)3/h4-5,8,10H,6-7,9H2,1-3H3,(H,19,24)(H,20,25)(H,21,22). The fraction of sp³-hybridized carbons (Fsp3) is 0.353. The van der Waals surface area contributed by atoms with Crippen molar-refractivity contribution in [2.75, 3.05) is 39.0 Å². The number of carbonyl (C=O) groups excluding carboxylic acids is 2. The van der Waals surface area contributed by atoms with Gasteiger partial charge in [-0.05, 0) is 38.7 Å². The lowest BCUT2D eigenvalue weighted by Crippen LogP contribution is -2.39. The van der Waals surface area contributed by atoms with Crippen LogP contribution in [0, 0.1) is 6.92 Å². The highest BCUT2D eigenvalue weighted by Crippen LogP contribution is 2.26. The first kappa shape index (κ1) is 20.2. The van der Waals surface area contributed by atoms with Crippen LogP contribution in [0.5, 0.6) is 0 Å². The highest BCUT2D eigenvalue weighted by molar-refractivity contribution is 7.14. The molecule has 1 aromatic carbocycles. The molecule has 0 saturated heterocycles. The van der Waals surface area contributed by atoms with E-state index in [9.17, 15) is 9.59 Å². The van der Waals surface area contributed by atoms with Crippen LogP contribution in [0.2, 0.25) is 5.02 Å². The first-order valence-corrected chi connectivity index (χ1v) is 9.29. The first-order chi connectivity index (χ1) is 12.3. The van der Waals surface area contributed by atoms with Gasteiger partial charge in [-0.1, -0.05) is 17.7 Å². The van der Waals surface area contributed by atoms with E-state index in [-0.39, 0.29) is 24.1 Å². The van der Waals surface area contributed by atoms with Crippen molar-refractivity contribution in [2.45, 2.75) is 6.92 Å². The van der Waals surface area contributed by atoms with E-state index >= 15 is 0 Å². The number of carbonyl (C=O) groups is 2. The van der Waals surface area contributed by atoms with Crippen LogP contribution in [0.25, 0.3) is 0 Å². The van der Waals surface area contributed by atoms with E-state index in [1.807, 2.05) is 38.1 Å². The summed E-state index contributed by atoms with van der Waals surface area (Å²) in [6.45, 7) is 3.14. The number of halogens is 1. The van der Waals surface area contributed by atoms with Crippen molar-refractivity contribution in [3.63, 3.8) is 0 Å². The molecule has 9 heteroatoms. The first-order valence-electron chi connectivity index (χ1n) is 8.03. The Morgan fingerprint density at radius 3 is 2.77 bits per heavy atom. The number of aromatic nitrogens is 1. The molecule has 0 spiro atoms. The Labute approximate surface area is 161 Å². The van der Waals surface area contributed by atoms with Gasteiger partial charge in [-0.2, -0.15) is 0 Å². The molecule has 0 aliphatic carbocycles. The Morgan fingerprint density at radius 1 is 1.27 bits per heavy atom. The highest BCUT2D eigenvalue weighted by atomic mass is 35.5. The summed E-state index contributed by atoms with van der Waals surface area (Å²) in [5, 5.41) is 11.3. The number of likely N-dealkylation sites (N-methyl/N-ethyl adjacent to an activating group) is 1.